The molecule has 1 aromatic carbocycles. The number of rotatable bonds is 2. The van der Waals surface area contributed by atoms with E-state index in [1.54, 1.807) is 6.92 Å². The third kappa shape index (κ3) is 1.77. The maximum absolute atomic E-state index is 13.1. The lowest BCUT2D eigenvalue weighted by Gasteiger charge is -2.09. The number of aromatic carboxylic acids is 1. The van der Waals surface area contributed by atoms with Crippen LogP contribution in [0.4, 0.5) is 4.39 Å². The second-order valence-electron chi connectivity index (χ2n) is 3.51. The molecule has 0 unspecified atom stereocenters. The van der Waals surface area contributed by atoms with Crippen molar-refractivity contribution in [1.29, 1.82) is 5.41 Å². The molecule has 0 bridgehead atoms. The van der Waals surface area contributed by atoms with Gasteiger partial charge in [-0.25, -0.2) is 9.18 Å². The molecule has 88 valence electrons. The van der Waals surface area contributed by atoms with Crippen LogP contribution in [0, 0.1) is 11.2 Å². The van der Waals surface area contributed by atoms with Crippen molar-refractivity contribution < 1.29 is 14.3 Å². The lowest BCUT2D eigenvalue weighted by Crippen LogP contribution is -2.23. The summed E-state index contributed by atoms with van der Waals surface area (Å²) in [6, 6.07) is 3.90. The van der Waals surface area contributed by atoms with Gasteiger partial charge in [0.2, 0.25) is 0 Å². The van der Waals surface area contributed by atoms with Crippen LogP contribution in [0.3, 0.4) is 0 Å². The molecule has 0 atom stereocenters. The smallest absolute Gasteiger partial charge is 0.358 e. The Morgan fingerprint density at radius 2 is 2.29 bits per heavy atom. The van der Waals surface area contributed by atoms with E-state index in [0.29, 0.717) is 12.1 Å². The van der Waals surface area contributed by atoms with Gasteiger partial charge in [-0.15, -0.1) is 0 Å². The molecule has 17 heavy (non-hydrogen) atoms. The minimum atomic E-state index is -1.29. The van der Waals surface area contributed by atoms with E-state index in [1.165, 1.54) is 16.8 Å². The largest absolute Gasteiger partial charge is 0.476 e. The lowest BCUT2D eigenvalue weighted by molar-refractivity contribution is 0.0686. The Bertz CT molecular complexity index is 664. The number of halogens is 1. The van der Waals surface area contributed by atoms with Gasteiger partial charge >= 0.3 is 5.97 Å². The highest BCUT2D eigenvalue weighted by Gasteiger charge is 2.13. The summed E-state index contributed by atoms with van der Waals surface area (Å²) in [7, 11) is 0. The summed E-state index contributed by atoms with van der Waals surface area (Å²) >= 11 is 0. The van der Waals surface area contributed by atoms with Crippen molar-refractivity contribution in [3.8, 4) is 0 Å². The summed E-state index contributed by atoms with van der Waals surface area (Å²) in [4.78, 5) is 10.9. The van der Waals surface area contributed by atoms with E-state index < -0.39 is 11.8 Å². The Kier molecular flexibility index (Phi) is 2.63. The van der Waals surface area contributed by atoms with Gasteiger partial charge in [-0.3, -0.25) is 10.1 Å². The first-order valence-electron chi connectivity index (χ1n) is 5.03. The highest BCUT2D eigenvalue weighted by Crippen LogP contribution is 2.11. The van der Waals surface area contributed by atoms with Crippen LogP contribution in [-0.2, 0) is 6.54 Å². The van der Waals surface area contributed by atoms with Gasteiger partial charge in [0.25, 0.3) is 0 Å². The lowest BCUT2D eigenvalue weighted by atomic mass is 10.2. The monoisotopic (exact) mass is 235 g/mol. The third-order valence-electron chi connectivity index (χ3n) is 2.47. The molecule has 2 N–H and O–H groups in total. The van der Waals surface area contributed by atoms with E-state index >= 15 is 0 Å². The Balaban J connectivity index is 2.96. The van der Waals surface area contributed by atoms with Gasteiger partial charge in [0.15, 0.2) is 5.69 Å². The number of carbonyl (C=O) groups is 1. The number of carboxylic acids is 1. The summed E-state index contributed by atoms with van der Waals surface area (Å²) in [6.07, 6.45) is 0. The van der Waals surface area contributed by atoms with Crippen LogP contribution in [0.25, 0.3) is 10.9 Å². The van der Waals surface area contributed by atoms with Crippen molar-refractivity contribution in [2.24, 2.45) is 0 Å². The Morgan fingerprint density at radius 1 is 1.59 bits per heavy atom. The molecule has 0 radical (unpaired) electrons. The van der Waals surface area contributed by atoms with Crippen LogP contribution in [0.5, 0.6) is 0 Å². The van der Waals surface area contributed by atoms with Crippen LogP contribution < -0.4 is 5.36 Å². The fourth-order valence-electron chi connectivity index (χ4n) is 1.68. The quantitative estimate of drug-likeness (QED) is 0.825. The van der Waals surface area contributed by atoms with Gasteiger partial charge in [-0.2, -0.15) is 5.10 Å². The second-order valence-corrected chi connectivity index (χ2v) is 3.51. The standard InChI is InChI=1S/C11H10FN3O2/c1-2-15-8-4-3-6(12)5-7(8)9(13)10(14-15)11(16)17/h3-5,13H,2H2,1H3,(H,16,17). The van der Waals surface area contributed by atoms with Gasteiger partial charge in [0, 0.05) is 11.9 Å². The number of nitrogens with one attached hydrogen (secondary N) is 1. The van der Waals surface area contributed by atoms with E-state index in [4.69, 9.17) is 10.5 Å². The number of carboxylic acid groups (broad SMARTS) is 1. The van der Waals surface area contributed by atoms with E-state index in [2.05, 4.69) is 5.10 Å². The zero-order chi connectivity index (χ0) is 12.6. The Hall–Kier alpha value is -2.24. The third-order valence-corrected chi connectivity index (χ3v) is 2.47. The molecule has 2 aromatic rings. The van der Waals surface area contributed by atoms with E-state index in [1.807, 2.05) is 0 Å². The molecule has 6 heteroatoms. The van der Waals surface area contributed by atoms with Crippen LogP contribution in [0.15, 0.2) is 18.2 Å². The molecule has 0 aliphatic heterocycles. The maximum atomic E-state index is 13.1. The fourth-order valence-corrected chi connectivity index (χ4v) is 1.68. The van der Waals surface area contributed by atoms with Gasteiger partial charge < -0.3 is 5.11 Å². The molecule has 0 saturated carbocycles. The first-order chi connectivity index (χ1) is 8.04. The minimum absolute atomic E-state index is 0.249. The predicted molar refractivity (Wildman–Crippen MR) is 58.2 cm³/mol. The summed E-state index contributed by atoms with van der Waals surface area (Å²) in [6.45, 7) is 2.24. The molecule has 2 rings (SSSR count). The number of hydrogen-bond donors (Lipinski definition) is 2. The molecule has 0 amide bonds. The SMILES string of the molecule is CCn1nc(C(=O)O)c(=N)c2cc(F)ccc21. The number of benzene rings is 1. The first kappa shape index (κ1) is 11.3. The van der Waals surface area contributed by atoms with E-state index in [9.17, 15) is 9.18 Å². The number of hydrogen-bond acceptors (Lipinski definition) is 3. The Morgan fingerprint density at radius 3 is 2.88 bits per heavy atom. The number of nitrogens with zero attached hydrogens (tertiary/aromatic N) is 2. The molecule has 5 nitrogen and oxygen atoms in total. The molecule has 0 saturated heterocycles. The minimum Gasteiger partial charge on any atom is -0.476 e. The van der Waals surface area contributed by atoms with Gasteiger partial charge in [-0.05, 0) is 25.1 Å². The zero-order valence-corrected chi connectivity index (χ0v) is 9.07. The highest BCUT2D eigenvalue weighted by molar-refractivity contribution is 5.89. The van der Waals surface area contributed by atoms with Gasteiger partial charge in [0.1, 0.15) is 5.82 Å². The zero-order valence-electron chi connectivity index (χ0n) is 9.07. The normalized spacial score (nSPS) is 10.7. The second kappa shape index (κ2) is 3.97. The van der Waals surface area contributed by atoms with Gasteiger partial charge in [0.05, 0.1) is 10.9 Å². The molecule has 1 heterocycles. The number of fused-ring (bicyclic) bond motifs is 1. The summed E-state index contributed by atoms with van der Waals surface area (Å²) in [5, 5.41) is 20.5. The molecule has 0 aliphatic carbocycles. The maximum Gasteiger partial charge on any atom is 0.358 e. The van der Waals surface area contributed by atoms with Crippen LogP contribution in [0.1, 0.15) is 17.4 Å². The summed E-state index contributed by atoms with van der Waals surface area (Å²) in [5.74, 6) is -1.79. The topological polar surface area (TPSA) is 79.0 Å². The van der Waals surface area contributed by atoms with E-state index in [0.717, 1.165) is 6.07 Å². The van der Waals surface area contributed by atoms with Crippen molar-refractivity contribution in [2.45, 2.75) is 13.5 Å². The van der Waals surface area contributed by atoms with Crippen LogP contribution in [-0.4, -0.2) is 20.9 Å². The average molecular weight is 235 g/mol. The molecule has 0 fully saturated rings. The molecular weight excluding hydrogens is 225 g/mol. The highest BCUT2D eigenvalue weighted by atomic mass is 19.1. The van der Waals surface area contributed by atoms with Crippen molar-refractivity contribution in [3.63, 3.8) is 0 Å². The van der Waals surface area contributed by atoms with Crippen molar-refractivity contribution in [3.05, 3.63) is 35.1 Å². The van der Waals surface area contributed by atoms with Crippen molar-refractivity contribution in [2.75, 3.05) is 0 Å². The van der Waals surface area contributed by atoms with Crippen LogP contribution >= 0.6 is 0 Å². The Labute approximate surface area is 95.6 Å². The van der Waals surface area contributed by atoms with Crippen molar-refractivity contribution in [1.82, 2.24) is 9.78 Å². The summed E-state index contributed by atoms with van der Waals surface area (Å²) in [5.41, 5.74) is 0.175. The fraction of sp³-hybridized carbons (Fsp3) is 0.182. The number of aromatic nitrogens is 2. The van der Waals surface area contributed by atoms with E-state index in [-0.39, 0.29) is 16.4 Å². The molecule has 1 aromatic heterocycles. The molecule has 0 aliphatic rings. The van der Waals surface area contributed by atoms with Crippen LogP contribution in [0.2, 0.25) is 0 Å². The van der Waals surface area contributed by atoms with Gasteiger partial charge in [-0.1, -0.05) is 0 Å². The molecular formula is C11H10FN3O2. The average Bonchev–Trinajstić information content (AvgIpc) is 2.29. The first-order valence-corrected chi connectivity index (χ1v) is 5.03. The number of aryl methyl sites for hydroxylation is 1. The molecule has 0 spiro atoms. The predicted octanol–water partition coefficient (Wildman–Crippen LogP) is 1.37. The summed E-state index contributed by atoms with van der Waals surface area (Å²) < 4.78 is 14.6. The van der Waals surface area contributed by atoms with Crippen molar-refractivity contribution >= 4 is 16.9 Å².